The average Bonchev–Trinajstić information content (AvgIpc) is 3.32. The molecule has 0 aliphatic heterocycles. The second-order valence-corrected chi connectivity index (χ2v) is 7.90. The van der Waals surface area contributed by atoms with E-state index in [1.54, 1.807) is 26.2 Å². The van der Waals surface area contributed by atoms with Gasteiger partial charge in [0.15, 0.2) is 5.82 Å². The summed E-state index contributed by atoms with van der Waals surface area (Å²) in [5.41, 5.74) is 10.6. The molecule has 0 radical (unpaired) electrons. The molecule has 0 saturated carbocycles. The lowest BCUT2D eigenvalue weighted by atomic mass is 9.63. The number of tetrazole rings is 1. The van der Waals surface area contributed by atoms with Gasteiger partial charge in [-0.15, -0.1) is 10.2 Å². The van der Waals surface area contributed by atoms with E-state index in [0.29, 0.717) is 29.8 Å². The summed E-state index contributed by atoms with van der Waals surface area (Å²) in [6, 6.07) is 11.1. The van der Waals surface area contributed by atoms with Gasteiger partial charge in [0.1, 0.15) is 0 Å². The van der Waals surface area contributed by atoms with E-state index in [4.69, 9.17) is 5.73 Å². The quantitative estimate of drug-likeness (QED) is 0.485. The molecule has 4 rings (SSSR count). The summed E-state index contributed by atoms with van der Waals surface area (Å²) < 4.78 is 0. The van der Waals surface area contributed by atoms with Crippen LogP contribution in [-0.4, -0.2) is 52.6 Å². The SMILES string of the molecule is CNC(=O)c1ccc2c(c1)Cc1cc(C(=O)NC)ccc1C2(C[C@@H](C)N)c1nn[nH]n1. The number of hydrogen-bond donors (Lipinski definition) is 4. The number of aromatic amines is 1. The maximum absolute atomic E-state index is 12.3. The van der Waals surface area contributed by atoms with Crippen LogP contribution in [0.4, 0.5) is 0 Å². The number of nitrogens with two attached hydrogens (primary N) is 1. The molecular weight excluding hydrogens is 394 g/mol. The van der Waals surface area contributed by atoms with Gasteiger partial charge in [-0.1, -0.05) is 17.3 Å². The fourth-order valence-electron chi connectivity index (χ4n) is 4.61. The zero-order valence-corrected chi connectivity index (χ0v) is 17.7. The first-order valence-corrected chi connectivity index (χ1v) is 10.1. The van der Waals surface area contributed by atoms with Crippen molar-refractivity contribution in [3.63, 3.8) is 0 Å². The van der Waals surface area contributed by atoms with Crippen LogP contribution in [0.15, 0.2) is 36.4 Å². The number of carbonyl (C=O) groups excluding carboxylic acids is 2. The number of carbonyl (C=O) groups is 2. The van der Waals surface area contributed by atoms with Crippen molar-refractivity contribution >= 4 is 11.8 Å². The lowest BCUT2D eigenvalue weighted by molar-refractivity contribution is 0.0955. The van der Waals surface area contributed by atoms with E-state index >= 15 is 0 Å². The molecule has 5 N–H and O–H groups in total. The number of benzene rings is 2. The molecule has 1 atom stereocenters. The third-order valence-corrected chi connectivity index (χ3v) is 5.84. The Balaban J connectivity index is 2.02. The highest BCUT2D eigenvalue weighted by Gasteiger charge is 2.46. The van der Waals surface area contributed by atoms with Crippen molar-refractivity contribution in [1.82, 2.24) is 31.3 Å². The summed E-state index contributed by atoms with van der Waals surface area (Å²) in [6.45, 7) is 1.94. The minimum atomic E-state index is -0.757. The highest BCUT2D eigenvalue weighted by atomic mass is 16.2. The predicted octanol–water partition coefficient (Wildman–Crippen LogP) is 0.895. The summed E-state index contributed by atoms with van der Waals surface area (Å²) >= 11 is 0. The Morgan fingerprint density at radius 1 is 1.06 bits per heavy atom. The van der Waals surface area contributed by atoms with Crippen molar-refractivity contribution in [3.8, 4) is 0 Å². The van der Waals surface area contributed by atoms with Crippen LogP contribution in [0.3, 0.4) is 0 Å². The van der Waals surface area contributed by atoms with E-state index in [0.717, 1.165) is 22.3 Å². The monoisotopic (exact) mass is 419 g/mol. The number of hydrogen-bond acceptors (Lipinski definition) is 6. The van der Waals surface area contributed by atoms with Crippen molar-refractivity contribution in [1.29, 1.82) is 0 Å². The molecule has 9 nitrogen and oxygen atoms in total. The van der Waals surface area contributed by atoms with Crippen LogP contribution in [0.1, 0.15) is 62.1 Å². The van der Waals surface area contributed by atoms with Gasteiger partial charge in [0.05, 0.1) is 5.41 Å². The third-order valence-electron chi connectivity index (χ3n) is 5.84. The number of amides is 2. The van der Waals surface area contributed by atoms with E-state index < -0.39 is 5.41 Å². The Morgan fingerprint density at radius 3 is 2.03 bits per heavy atom. The van der Waals surface area contributed by atoms with E-state index in [1.165, 1.54) is 0 Å². The Labute approximate surface area is 179 Å². The fourth-order valence-corrected chi connectivity index (χ4v) is 4.61. The van der Waals surface area contributed by atoms with Crippen LogP contribution in [0.5, 0.6) is 0 Å². The van der Waals surface area contributed by atoms with Crippen LogP contribution in [-0.2, 0) is 11.8 Å². The summed E-state index contributed by atoms with van der Waals surface area (Å²) in [6.07, 6.45) is 1.10. The number of aromatic nitrogens is 4. The minimum absolute atomic E-state index is 0.162. The molecule has 2 amide bonds. The second-order valence-electron chi connectivity index (χ2n) is 7.90. The first kappa shape index (κ1) is 20.7. The molecule has 0 bridgehead atoms. The number of H-pyrrole nitrogens is 1. The van der Waals surface area contributed by atoms with Crippen molar-refractivity contribution in [2.75, 3.05) is 14.1 Å². The van der Waals surface area contributed by atoms with Crippen molar-refractivity contribution in [2.45, 2.75) is 31.2 Å². The Bertz CT molecular complexity index is 1070. The van der Waals surface area contributed by atoms with Gasteiger partial charge < -0.3 is 16.4 Å². The van der Waals surface area contributed by atoms with Gasteiger partial charge in [0.2, 0.25) is 0 Å². The Hall–Kier alpha value is -3.59. The molecule has 2 aromatic carbocycles. The molecule has 0 unspecified atom stereocenters. The van der Waals surface area contributed by atoms with Gasteiger partial charge in [-0.3, -0.25) is 9.59 Å². The van der Waals surface area contributed by atoms with Crippen molar-refractivity contribution in [2.24, 2.45) is 5.73 Å². The van der Waals surface area contributed by atoms with E-state index in [9.17, 15) is 9.59 Å². The highest BCUT2D eigenvalue weighted by Crippen LogP contribution is 2.48. The lowest BCUT2D eigenvalue weighted by Gasteiger charge is -2.40. The molecule has 1 aliphatic carbocycles. The van der Waals surface area contributed by atoms with Gasteiger partial charge in [0, 0.05) is 31.3 Å². The first-order chi connectivity index (χ1) is 14.9. The van der Waals surface area contributed by atoms with E-state index in [-0.39, 0.29) is 17.9 Å². The lowest BCUT2D eigenvalue weighted by Crippen LogP contribution is -2.41. The summed E-state index contributed by atoms with van der Waals surface area (Å²) in [5, 5.41) is 20.4. The molecular formula is C22H25N7O2. The van der Waals surface area contributed by atoms with Crippen molar-refractivity contribution < 1.29 is 9.59 Å². The molecule has 1 aromatic heterocycles. The normalized spacial score (nSPS) is 14.8. The van der Waals surface area contributed by atoms with Crippen LogP contribution in [0.25, 0.3) is 0 Å². The highest BCUT2D eigenvalue weighted by molar-refractivity contribution is 5.95. The largest absolute Gasteiger partial charge is 0.355 e. The Morgan fingerprint density at radius 2 is 1.61 bits per heavy atom. The van der Waals surface area contributed by atoms with E-state index in [1.807, 2.05) is 31.2 Å². The zero-order valence-electron chi connectivity index (χ0n) is 17.7. The summed E-state index contributed by atoms with van der Waals surface area (Å²) in [7, 11) is 3.21. The maximum Gasteiger partial charge on any atom is 0.251 e. The topological polar surface area (TPSA) is 139 Å². The smallest absolute Gasteiger partial charge is 0.251 e. The first-order valence-electron chi connectivity index (χ1n) is 10.1. The van der Waals surface area contributed by atoms with Gasteiger partial charge in [-0.25, -0.2) is 0 Å². The number of rotatable bonds is 5. The number of nitrogens with zero attached hydrogens (tertiary/aromatic N) is 3. The third kappa shape index (κ3) is 3.36. The van der Waals surface area contributed by atoms with Crippen LogP contribution >= 0.6 is 0 Å². The Kier molecular flexibility index (Phi) is 5.28. The predicted molar refractivity (Wildman–Crippen MR) is 115 cm³/mol. The van der Waals surface area contributed by atoms with Crippen LogP contribution < -0.4 is 16.4 Å². The molecule has 0 fully saturated rings. The molecule has 31 heavy (non-hydrogen) atoms. The van der Waals surface area contributed by atoms with Gasteiger partial charge in [0.25, 0.3) is 11.8 Å². The number of fused-ring (bicyclic) bond motifs is 2. The van der Waals surface area contributed by atoms with Gasteiger partial charge >= 0.3 is 0 Å². The van der Waals surface area contributed by atoms with Crippen LogP contribution in [0, 0.1) is 0 Å². The molecule has 1 aliphatic rings. The maximum atomic E-state index is 12.3. The fraction of sp³-hybridized carbons (Fsp3) is 0.318. The van der Waals surface area contributed by atoms with Crippen molar-refractivity contribution in [3.05, 3.63) is 75.6 Å². The number of nitrogens with one attached hydrogen (secondary N) is 3. The second kappa shape index (κ2) is 7.92. The van der Waals surface area contributed by atoms with Gasteiger partial charge in [-0.2, -0.15) is 5.21 Å². The molecule has 3 aromatic rings. The standard InChI is InChI=1S/C22H25N7O2/c1-12(23)11-22(21-26-28-29-27-21)17-6-4-13(19(30)24-2)8-15(17)10-16-9-14(20(31)25-3)5-7-18(16)22/h4-9,12H,10-11,23H2,1-3H3,(H,24,30)(H,25,31)(H,26,27,28,29)/t12-/m1/s1. The zero-order chi connectivity index (χ0) is 22.2. The summed E-state index contributed by atoms with van der Waals surface area (Å²) in [5.74, 6) is 0.183. The molecule has 1 heterocycles. The minimum Gasteiger partial charge on any atom is -0.355 e. The molecule has 160 valence electrons. The molecule has 0 saturated heterocycles. The summed E-state index contributed by atoms with van der Waals surface area (Å²) in [4.78, 5) is 24.5. The van der Waals surface area contributed by atoms with Gasteiger partial charge in [-0.05, 0) is 66.3 Å². The van der Waals surface area contributed by atoms with Crippen LogP contribution in [0.2, 0.25) is 0 Å². The van der Waals surface area contributed by atoms with E-state index in [2.05, 4.69) is 31.3 Å². The molecule has 9 heteroatoms. The molecule has 0 spiro atoms. The average molecular weight is 419 g/mol.